The first kappa shape index (κ1) is 14.9. The van der Waals surface area contributed by atoms with Crippen molar-refractivity contribution in [2.75, 3.05) is 31.1 Å². The third-order valence-corrected chi connectivity index (χ3v) is 4.25. The molecule has 1 heterocycles. The van der Waals surface area contributed by atoms with Gasteiger partial charge in [-0.25, -0.2) is 4.79 Å². The van der Waals surface area contributed by atoms with Crippen molar-refractivity contribution in [3.8, 4) is 0 Å². The van der Waals surface area contributed by atoms with Crippen molar-refractivity contribution >= 4 is 22.8 Å². The fraction of sp³-hybridized carbons (Fsp3) is 0.818. The molecule has 0 spiro atoms. The zero-order valence-electron chi connectivity index (χ0n) is 10.6. The molecule has 2 amide bonds. The van der Waals surface area contributed by atoms with Crippen LogP contribution in [0.1, 0.15) is 19.8 Å². The molecule has 1 unspecified atom stereocenters. The smallest absolute Gasteiger partial charge is 0.317 e. The molecule has 0 bridgehead atoms. The molecule has 0 aromatic heterocycles. The topological polar surface area (TPSA) is 86.7 Å². The lowest BCUT2D eigenvalue weighted by atomic mass is 10.1. The quantitative estimate of drug-likeness (QED) is 0.705. The number of urea groups is 1. The number of amides is 2. The molecule has 1 rings (SSSR count). The minimum Gasteiger partial charge on any atom is -0.481 e. The second-order valence-corrected chi connectivity index (χ2v) is 6.14. The van der Waals surface area contributed by atoms with Crippen molar-refractivity contribution in [1.82, 2.24) is 10.2 Å². The lowest BCUT2D eigenvalue weighted by Crippen LogP contribution is -2.47. The van der Waals surface area contributed by atoms with Crippen LogP contribution in [0.3, 0.4) is 0 Å². The monoisotopic (exact) mass is 276 g/mol. The van der Waals surface area contributed by atoms with Gasteiger partial charge in [0.2, 0.25) is 0 Å². The summed E-state index contributed by atoms with van der Waals surface area (Å²) in [7, 11) is -0.783. The summed E-state index contributed by atoms with van der Waals surface area (Å²) in [5.41, 5.74) is 0. The van der Waals surface area contributed by atoms with Crippen LogP contribution in [0.15, 0.2) is 0 Å². The van der Waals surface area contributed by atoms with Gasteiger partial charge in [0.15, 0.2) is 0 Å². The fourth-order valence-electron chi connectivity index (χ4n) is 1.68. The Hall–Kier alpha value is -1.11. The molecule has 2 N–H and O–H groups in total. The van der Waals surface area contributed by atoms with Crippen molar-refractivity contribution < 1.29 is 18.9 Å². The van der Waals surface area contributed by atoms with E-state index in [1.165, 1.54) is 0 Å². The van der Waals surface area contributed by atoms with Crippen LogP contribution in [0, 0.1) is 5.92 Å². The maximum atomic E-state index is 11.7. The predicted molar refractivity (Wildman–Crippen MR) is 68.9 cm³/mol. The summed E-state index contributed by atoms with van der Waals surface area (Å²) in [6.45, 7) is 3.20. The number of carboxylic acid groups (broad SMARTS) is 1. The number of nitrogens with one attached hydrogen (secondary N) is 1. The normalized spacial score (nSPS) is 18.4. The third-order valence-electron chi connectivity index (χ3n) is 2.98. The van der Waals surface area contributed by atoms with Gasteiger partial charge < -0.3 is 15.3 Å². The number of aliphatic carboxylic acids is 1. The van der Waals surface area contributed by atoms with Gasteiger partial charge in [-0.15, -0.1) is 0 Å². The second-order valence-electron chi connectivity index (χ2n) is 4.45. The first-order valence-corrected chi connectivity index (χ1v) is 7.60. The number of nitrogens with zero attached hydrogens (tertiary/aromatic N) is 1. The van der Waals surface area contributed by atoms with Gasteiger partial charge >= 0.3 is 12.0 Å². The number of carbonyl (C=O) groups is 2. The summed E-state index contributed by atoms with van der Waals surface area (Å²) in [6, 6.07) is -0.144. The first-order valence-electron chi connectivity index (χ1n) is 6.11. The molecule has 1 fully saturated rings. The van der Waals surface area contributed by atoms with E-state index >= 15 is 0 Å². The number of carboxylic acids is 1. The van der Waals surface area contributed by atoms with Gasteiger partial charge in [-0.2, -0.15) is 0 Å². The summed E-state index contributed by atoms with van der Waals surface area (Å²) >= 11 is 0. The van der Waals surface area contributed by atoms with Crippen molar-refractivity contribution in [3.05, 3.63) is 0 Å². The van der Waals surface area contributed by atoms with Crippen LogP contribution >= 0.6 is 0 Å². The van der Waals surface area contributed by atoms with Crippen LogP contribution in [0.4, 0.5) is 4.79 Å². The average molecular weight is 276 g/mol. The van der Waals surface area contributed by atoms with E-state index in [2.05, 4.69) is 5.32 Å². The zero-order chi connectivity index (χ0) is 13.5. The molecule has 0 aliphatic carbocycles. The lowest BCUT2D eigenvalue weighted by Gasteiger charge is -2.26. The number of rotatable bonds is 5. The second kappa shape index (κ2) is 7.35. The van der Waals surface area contributed by atoms with E-state index in [1.54, 1.807) is 11.8 Å². The maximum absolute atomic E-state index is 11.7. The van der Waals surface area contributed by atoms with E-state index in [0.717, 1.165) is 0 Å². The SMILES string of the molecule is CC(CCCNC(=O)N1CCS(=O)CC1)C(=O)O. The Morgan fingerprint density at radius 1 is 1.39 bits per heavy atom. The number of hydrogen-bond donors (Lipinski definition) is 2. The highest BCUT2D eigenvalue weighted by Gasteiger charge is 2.19. The molecule has 1 saturated heterocycles. The molecule has 1 aliphatic heterocycles. The first-order chi connectivity index (χ1) is 8.50. The summed E-state index contributed by atoms with van der Waals surface area (Å²) in [5, 5.41) is 11.5. The standard InChI is InChI=1S/C11H20N2O4S/c1-9(10(14)15)3-2-4-12-11(16)13-5-7-18(17)8-6-13/h9H,2-8H2,1H3,(H,12,16)(H,14,15). The van der Waals surface area contributed by atoms with Crippen molar-refractivity contribution in [2.45, 2.75) is 19.8 Å². The average Bonchev–Trinajstić information content (AvgIpc) is 2.34. The van der Waals surface area contributed by atoms with E-state index in [1.807, 2.05) is 0 Å². The molecule has 0 aromatic rings. The van der Waals surface area contributed by atoms with Crippen LogP contribution in [-0.4, -0.2) is 57.4 Å². The van der Waals surface area contributed by atoms with E-state index in [4.69, 9.17) is 5.11 Å². The third kappa shape index (κ3) is 5.03. The van der Waals surface area contributed by atoms with E-state index < -0.39 is 16.8 Å². The van der Waals surface area contributed by atoms with E-state index in [9.17, 15) is 13.8 Å². The van der Waals surface area contributed by atoms with Crippen LogP contribution < -0.4 is 5.32 Å². The van der Waals surface area contributed by atoms with Gasteiger partial charge in [0.25, 0.3) is 0 Å². The van der Waals surface area contributed by atoms with E-state index in [-0.39, 0.29) is 11.9 Å². The molecule has 6 nitrogen and oxygen atoms in total. The maximum Gasteiger partial charge on any atom is 0.317 e. The molecule has 1 aliphatic rings. The molecule has 1 atom stereocenters. The molecule has 0 saturated carbocycles. The lowest BCUT2D eigenvalue weighted by molar-refractivity contribution is -0.141. The number of carbonyl (C=O) groups excluding carboxylic acids is 1. The highest BCUT2D eigenvalue weighted by Crippen LogP contribution is 2.05. The summed E-state index contributed by atoms with van der Waals surface area (Å²) < 4.78 is 11.1. The molecular formula is C11H20N2O4S. The Morgan fingerprint density at radius 2 is 2.00 bits per heavy atom. The van der Waals surface area contributed by atoms with Gasteiger partial charge in [0, 0.05) is 41.9 Å². The molecule has 7 heteroatoms. The molecule has 0 aromatic carbocycles. The molecule has 0 radical (unpaired) electrons. The predicted octanol–water partition coefficient (Wildman–Crippen LogP) is 0.261. The highest BCUT2D eigenvalue weighted by molar-refractivity contribution is 7.85. The Morgan fingerprint density at radius 3 is 2.56 bits per heavy atom. The Kier molecular flexibility index (Phi) is 6.11. The van der Waals surface area contributed by atoms with Gasteiger partial charge in [-0.3, -0.25) is 9.00 Å². The van der Waals surface area contributed by atoms with Crippen molar-refractivity contribution in [2.24, 2.45) is 5.92 Å². The Bertz CT molecular complexity index is 325. The summed E-state index contributed by atoms with van der Waals surface area (Å²) in [6.07, 6.45) is 1.21. The van der Waals surface area contributed by atoms with Crippen LogP contribution in [-0.2, 0) is 15.6 Å². The van der Waals surface area contributed by atoms with Crippen LogP contribution in [0.2, 0.25) is 0 Å². The zero-order valence-corrected chi connectivity index (χ0v) is 11.4. The van der Waals surface area contributed by atoms with Gasteiger partial charge in [-0.05, 0) is 12.8 Å². The fourth-order valence-corrected chi connectivity index (χ4v) is 2.73. The van der Waals surface area contributed by atoms with Gasteiger partial charge in [0.1, 0.15) is 0 Å². The summed E-state index contributed by atoms with van der Waals surface area (Å²) in [5.74, 6) is -0.0911. The Labute approximate surface area is 109 Å². The highest BCUT2D eigenvalue weighted by atomic mass is 32.2. The minimum absolute atomic E-state index is 0.144. The van der Waals surface area contributed by atoms with Gasteiger partial charge in [0.05, 0.1) is 5.92 Å². The largest absolute Gasteiger partial charge is 0.481 e. The Balaban J connectivity index is 2.14. The van der Waals surface area contributed by atoms with Crippen LogP contribution in [0.25, 0.3) is 0 Å². The van der Waals surface area contributed by atoms with Gasteiger partial charge in [-0.1, -0.05) is 6.92 Å². The van der Waals surface area contributed by atoms with Crippen molar-refractivity contribution in [3.63, 3.8) is 0 Å². The summed E-state index contributed by atoms with van der Waals surface area (Å²) in [4.78, 5) is 23.9. The van der Waals surface area contributed by atoms with Crippen molar-refractivity contribution in [1.29, 1.82) is 0 Å². The molecule has 18 heavy (non-hydrogen) atoms. The number of hydrogen-bond acceptors (Lipinski definition) is 3. The minimum atomic E-state index is -0.806. The van der Waals surface area contributed by atoms with Crippen LogP contribution in [0.5, 0.6) is 0 Å². The molecule has 104 valence electrons. The van der Waals surface area contributed by atoms with E-state index in [0.29, 0.717) is 44.0 Å². The molecular weight excluding hydrogens is 256 g/mol.